The van der Waals surface area contributed by atoms with Gasteiger partial charge in [-0.05, 0) is 78.0 Å². The van der Waals surface area contributed by atoms with Crippen LogP contribution in [0.1, 0.15) is 64.4 Å². The fourth-order valence-electron chi connectivity index (χ4n) is 5.70. The van der Waals surface area contributed by atoms with Gasteiger partial charge in [-0.1, -0.05) is 26.2 Å². The summed E-state index contributed by atoms with van der Waals surface area (Å²) in [5.74, 6) is 1.46. The topological polar surface area (TPSA) is 85.3 Å². The molecule has 38 heavy (non-hydrogen) atoms. The number of aliphatic hydroxyl groups is 1. The predicted octanol–water partition coefficient (Wildman–Crippen LogP) is 3.63. The minimum atomic E-state index is -0.272. The van der Waals surface area contributed by atoms with Crippen molar-refractivity contribution in [2.24, 2.45) is 11.8 Å². The summed E-state index contributed by atoms with van der Waals surface area (Å²) in [6, 6.07) is 5.36. The normalized spacial score (nSPS) is 21.9. The second-order valence-corrected chi connectivity index (χ2v) is 11.9. The van der Waals surface area contributed by atoms with Crippen molar-refractivity contribution in [2.45, 2.75) is 77.4 Å². The molecule has 0 radical (unpaired) electrons. The standard InChI is InChI=1S/C30H50N4O4/c1-22-18-34(23(2)21-35)30(37)17-25-16-26(31-29(36)12-9-15-32(3)4)13-14-27(25)38-28(22)20-33(5)19-24-10-7-6-8-11-24/h13-14,16,22-24,28,35H,6-12,15,17-21H2,1-5H3,(H,31,36)/t22-,23+,28+/m1/s1. The molecule has 3 atom stereocenters. The second-order valence-electron chi connectivity index (χ2n) is 11.9. The van der Waals surface area contributed by atoms with E-state index >= 15 is 0 Å². The molecule has 1 aliphatic carbocycles. The zero-order chi connectivity index (χ0) is 27.7. The van der Waals surface area contributed by atoms with Gasteiger partial charge >= 0.3 is 0 Å². The zero-order valence-corrected chi connectivity index (χ0v) is 24.2. The van der Waals surface area contributed by atoms with Gasteiger partial charge in [0.25, 0.3) is 0 Å². The van der Waals surface area contributed by atoms with Crippen molar-refractivity contribution >= 4 is 17.5 Å². The Hall–Kier alpha value is -2.16. The third-order valence-electron chi connectivity index (χ3n) is 8.00. The number of carbonyl (C=O) groups is 2. The molecule has 2 amide bonds. The van der Waals surface area contributed by atoms with Crippen LogP contribution in [0.4, 0.5) is 5.69 Å². The molecule has 1 fully saturated rings. The van der Waals surface area contributed by atoms with E-state index in [0.29, 0.717) is 24.4 Å². The van der Waals surface area contributed by atoms with Gasteiger partial charge < -0.3 is 29.9 Å². The molecule has 2 N–H and O–H groups in total. The fraction of sp³-hybridized carbons (Fsp3) is 0.733. The second kappa shape index (κ2) is 14.8. The molecule has 1 saturated carbocycles. The SMILES string of the molecule is C[C@@H]1CN([C@@H](C)CO)C(=O)Cc2cc(NC(=O)CCCN(C)C)ccc2O[C@H]1CN(C)CC1CCCCC1. The fourth-order valence-corrected chi connectivity index (χ4v) is 5.70. The summed E-state index contributed by atoms with van der Waals surface area (Å²) in [4.78, 5) is 32.2. The predicted molar refractivity (Wildman–Crippen MR) is 152 cm³/mol. The van der Waals surface area contributed by atoms with Gasteiger partial charge in [-0.15, -0.1) is 0 Å². The number of hydrogen-bond acceptors (Lipinski definition) is 6. The van der Waals surface area contributed by atoms with E-state index < -0.39 is 0 Å². The molecule has 1 aromatic rings. The number of nitrogens with zero attached hydrogens (tertiary/aromatic N) is 3. The lowest BCUT2D eigenvalue weighted by Crippen LogP contribution is -2.48. The zero-order valence-electron chi connectivity index (χ0n) is 24.2. The van der Waals surface area contributed by atoms with Crippen LogP contribution in [0.25, 0.3) is 0 Å². The number of fused-ring (bicyclic) bond motifs is 1. The smallest absolute Gasteiger partial charge is 0.227 e. The average molecular weight is 531 g/mol. The van der Waals surface area contributed by atoms with Crippen LogP contribution < -0.4 is 10.1 Å². The number of hydrogen-bond donors (Lipinski definition) is 2. The first-order valence-corrected chi connectivity index (χ1v) is 14.5. The Labute approximate surface area is 229 Å². The van der Waals surface area contributed by atoms with E-state index in [-0.39, 0.29) is 42.9 Å². The van der Waals surface area contributed by atoms with Gasteiger partial charge in [0.2, 0.25) is 11.8 Å². The van der Waals surface area contributed by atoms with Crippen molar-refractivity contribution < 1.29 is 19.4 Å². The molecule has 1 aliphatic heterocycles. The van der Waals surface area contributed by atoms with E-state index in [0.717, 1.165) is 37.5 Å². The van der Waals surface area contributed by atoms with E-state index in [4.69, 9.17) is 4.74 Å². The third-order valence-corrected chi connectivity index (χ3v) is 8.00. The van der Waals surface area contributed by atoms with Crippen LogP contribution in [-0.4, -0.2) is 97.7 Å². The third kappa shape index (κ3) is 9.24. The number of nitrogens with one attached hydrogen (secondary N) is 1. The van der Waals surface area contributed by atoms with E-state index in [1.807, 2.05) is 39.2 Å². The first-order valence-electron chi connectivity index (χ1n) is 14.5. The summed E-state index contributed by atoms with van der Waals surface area (Å²) < 4.78 is 6.65. The van der Waals surface area contributed by atoms with Crippen LogP contribution in [0.3, 0.4) is 0 Å². The molecule has 8 nitrogen and oxygen atoms in total. The van der Waals surface area contributed by atoms with Gasteiger partial charge in [0.1, 0.15) is 11.9 Å². The molecular formula is C30H50N4O4. The summed E-state index contributed by atoms with van der Waals surface area (Å²) in [7, 11) is 6.16. The van der Waals surface area contributed by atoms with Crippen LogP contribution in [0.5, 0.6) is 5.75 Å². The molecular weight excluding hydrogens is 480 g/mol. The van der Waals surface area contributed by atoms with Gasteiger partial charge in [0.05, 0.1) is 19.1 Å². The van der Waals surface area contributed by atoms with E-state index in [2.05, 4.69) is 29.1 Å². The highest BCUT2D eigenvalue weighted by molar-refractivity contribution is 5.91. The minimum Gasteiger partial charge on any atom is -0.488 e. The Morgan fingerprint density at radius 1 is 1.18 bits per heavy atom. The molecule has 0 unspecified atom stereocenters. The Bertz CT molecular complexity index is 902. The molecule has 0 saturated heterocycles. The molecule has 0 aromatic heterocycles. The van der Waals surface area contributed by atoms with Crippen molar-refractivity contribution in [2.75, 3.05) is 59.2 Å². The summed E-state index contributed by atoms with van der Waals surface area (Å²) in [6.07, 6.45) is 7.90. The number of aliphatic hydroxyl groups excluding tert-OH is 1. The van der Waals surface area contributed by atoms with Crippen molar-refractivity contribution in [3.63, 3.8) is 0 Å². The lowest BCUT2D eigenvalue weighted by molar-refractivity contribution is -0.134. The number of likely N-dealkylation sites (N-methyl/N-ethyl adjacent to an activating group) is 1. The Kier molecular flexibility index (Phi) is 11.9. The maximum absolute atomic E-state index is 13.4. The van der Waals surface area contributed by atoms with Crippen molar-refractivity contribution in [3.8, 4) is 5.75 Å². The highest BCUT2D eigenvalue weighted by Crippen LogP contribution is 2.30. The van der Waals surface area contributed by atoms with Crippen LogP contribution >= 0.6 is 0 Å². The monoisotopic (exact) mass is 530 g/mol. The Morgan fingerprint density at radius 2 is 1.92 bits per heavy atom. The highest BCUT2D eigenvalue weighted by atomic mass is 16.5. The van der Waals surface area contributed by atoms with Crippen molar-refractivity contribution in [1.29, 1.82) is 0 Å². The van der Waals surface area contributed by atoms with Crippen LogP contribution in [0.2, 0.25) is 0 Å². The van der Waals surface area contributed by atoms with Crippen molar-refractivity contribution in [1.82, 2.24) is 14.7 Å². The molecule has 8 heteroatoms. The summed E-state index contributed by atoms with van der Waals surface area (Å²) in [6.45, 7) is 7.17. The molecule has 1 aromatic carbocycles. The van der Waals surface area contributed by atoms with Crippen LogP contribution in [0, 0.1) is 11.8 Å². The molecule has 1 heterocycles. The summed E-state index contributed by atoms with van der Waals surface area (Å²) in [5.41, 5.74) is 1.44. The number of rotatable bonds is 11. The van der Waals surface area contributed by atoms with E-state index in [9.17, 15) is 14.7 Å². The van der Waals surface area contributed by atoms with Gasteiger partial charge in [-0.25, -0.2) is 0 Å². The number of carbonyl (C=O) groups excluding carboxylic acids is 2. The quantitative estimate of drug-likeness (QED) is 0.455. The largest absolute Gasteiger partial charge is 0.488 e. The maximum Gasteiger partial charge on any atom is 0.227 e. The maximum atomic E-state index is 13.4. The van der Waals surface area contributed by atoms with E-state index in [1.54, 1.807) is 4.90 Å². The molecule has 0 spiro atoms. The van der Waals surface area contributed by atoms with Gasteiger partial charge in [0, 0.05) is 43.2 Å². The first-order chi connectivity index (χ1) is 18.2. The molecule has 2 aliphatic rings. The lowest BCUT2D eigenvalue weighted by atomic mass is 9.89. The van der Waals surface area contributed by atoms with Crippen LogP contribution in [-0.2, 0) is 16.0 Å². The van der Waals surface area contributed by atoms with Crippen LogP contribution in [0.15, 0.2) is 18.2 Å². The first kappa shape index (κ1) is 30.4. The minimum absolute atomic E-state index is 0.0334. The van der Waals surface area contributed by atoms with Crippen molar-refractivity contribution in [3.05, 3.63) is 23.8 Å². The highest BCUT2D eigenvalue weighted by Gasteiger charge is 2.31. The van der Waals surface area contributed by atoms with Gasteiger partial charge in [-0.2, -0.15) is 0 Å². The molecule has 214 valence electrons. The Balaban J connectivity index is 1.78. The van der Waals surface area contributed by atoms with E-state index in [1.165, 1.54) is 32.1 Å². The van der Waals surface area contributed by atoms with Gasteiger partial charge in [-0.3, -0.25) is 9.59 Å². The summed E-state index contributed by atoms with van der Waals surface area (Å²) in [5, 5.41) is 12.9. The molecule has 0 bridgehead atoms. The average Bonchev–Trinajstić information content (AvgIpc) is 2.91. The summed E-state index contributed by atoms with van der Waals surface area (Å²) >= 11 is 0. The Morgan fingerprint density at radius 3 is 2.61 bits per heavy atom. The van der Waals surface area contributed by atoms with Gasteiger partial charge in [0.15, 0.2) is 0 Å². The molecule has 3 rings (SSSR count). The number of amides is 2. The number of ether oxygens (including phenoxy) is 1. The number of benzene rings is 1. The lowest BCUT2D eigenvalue weighted by Gasteiger charge is -2.35. The number of anilines is 1.